The Morgan fingerprint density at radius 1 is 1.15 bits per heavy atom. The van der Waals surface area contributed by atoms with E-state index in [9.17, 15) is 13.6 Å². The third kappa shape index (κ3) is 2.11. The number of carbonyl (C=O) groups excluding carboxylic acids is 1. The molecule has 2 aromatic carbocycles. The van der Waals surface area contributed by atoms with Gasteiger partial charge in [-0.15, -0.1) is 0 Å². The molecule has 0 saturated carbocycles. The molecule has 0 bridgehead atoms. The van der Waals surface area contributed by atoms with Crippen molar-refractivity contribution in [1.29, 1.82) is 0 Å². The minimum Gasteiger partial charge on any atom is -0.399 e. The molecule has 0 aliphatic carbocycles. The molecule has 102 valence electrons. The highest BCUT2D eigenvalue weighted by Crippen LogP contribution is 2.32. The van der Waals surface area contributed by atoms with Crippen molar-refractivity contribution < 1.29 is 13.6 Å². The van der Waals surface area contributed by atoms with Crippen molar-refractivity contribution in [3.05, 3.63) is 59.2 Å². The Kier molecular flexibility index (Phi) is 2.89. The van der Waals surface area contributed by atoms with E-state index < -0.39 is 11.6 Å². The number of nitrogens with two attached hydrogens (primary N) is 1. The lowest BCUT2D eigenvalue weighted by Gasteiger charge is -2.18. The second-order valence-electron chi connectivity index (χ2n) is 4.78. The number of rotatable bonds is 2. The van der Waals surface area contributed by atoms with Crippen LogP contribution < -0.4 is 10.6 Å². The molecule has 1 heterocycles. The van der Waals surface area contributed by atoms with Crippen molar-refractivity contribution in [2.45, 2.75) is 13.0 Å². The van der Waals surface area contributed by atoms with Crippen molar-refractivity contribution in [1.82, 2.24) is 0 Å². The molecule has 2 N–H and O–H groups in total. The maximum absolute atomic E-state index is 13.7. The van der Waals surface area contributed by atoms with Crippen molar-refractivity contribution in [3.63, 3.8) is 0 Å². The second-order valence-corrected chi connectivity index (χ2v) is 4.78. The summed E-state index contributed by atoms with van der Waals surface area (Å²) in [7, 11) is 0. The van der Waals surface area contributed by atoms with Gasteiger partial charge in [-0.2, -0.15) is 0 Å². The van der Waals surface area contributed by atoms with Gasteiger partial charge in [0.1, 0.15) is 11.6 Å². The molecule has 2 aromatic rings. The predicted molar refractivity (Wildman–Crippen MR) is 72.1 cm³/mol. The normalized spacial score (nSPS) is 13.7. The van der Waals surface area contributed by atoms with Gasteiger partial charge in [-0.25, -0.2) is 8.78 Å². The fourth-order valence-corrected chi connectivity index (χ4v) is 2.41. The van der Waals surface area contributed by atoms with Gasteiger partial charge in [-0.05, 0) is 42.0 Å². The molecule has 20 heavy (non-hydrogen) atoms. The third-order valence-electron chi connectivity index (χ3n) is 3.37. The van der Waals surface area contributed by atoms with Crippen LogP contribution in [0.15, 0.2) is 36.4 Å². The van der Waals surface area contributed by atoms with Crippen LogP contribution in [-0.4, -0.2) is 5.91 Å². The van der Waals surface area contributed by atoms with Gasteiger partial charge in [0.15, 0.2) is 0 Å². The highest BCUT2D eigenvalue weighted by Gasteiger charge is 2.28. The van der Waals surface area contributed by atoms with E-state index in [0.717, 1.165) is 23.8 Å². The van der Waals surface area contributed by atoms with Crippen molar-refractivity contribution >= 4 is 17.3 Å². The lowest BCUT2D eigenvalue weighted by atomic mass is 10.1. The molecule has 0 spiro atoms. The molecule has 0 unspecified atom stereocenters. The Bertz CT molecular complexity index is 700. The van der Waals surface area contributed by atoms with Gasteiger partial charge in [0, 0.05) is 16.9 Å². The molecule has 1 aliphatic rings. The van der Waals surface area contributed by atoms with Gasteiger partial charge in [0.2, 0.25) is 5.91 Å². The number of amides is 1. The van der Waals surface area contributed by atoms with E-state index in [2.05, 4.69) is 0 Å². The maximum atomic E-state index is 13.7. The van der Waals surface area contributed by atoms with Crippen LogP contribution in [0.3, 0.4) is 0 Å². The van der Waals surface area contributed by atoms with Gasteiger partial charge in [-0.3, -0.25) is 4.79 Å². The number of nitrogen functional groups attached to an aromatic ring is 1. The van der Waals surface area contributed by atoms with Crippen LogP contribution in [0.4, 0.5) is 20.2 Å². The molecule has 0 radical (unpaired) electrons. The largest absolute Gasteiger partial charge is 0.399 e. The zero-order valence-electron chi connectivity index (χ0n) is 10.6. The minimum atomic E-state index is -0.525. The zero-order chi connectivity index (χ0) is 14.3. The average Bonchev–Trinajstić information content (AvgIpc) is 2.69. The van der Waals surface area contributed by atoms with E-state index >= 15 is 0 Å². The number of carbonyl (C=O) groups is 1. The van der Waals surface area contributed by atoms with Crippen LogP contribution in [0, 0.1) is 11.6 Å². The topological polar surface area (TPSA) is 46.3 Å². The van der Waals surface area contributed by atoms with Gasteiger partial charge >= 0.3 is 0 Å². The molecule has 3 rings (SSSR count). The molecule has 3 nitrogen and oxygen atoms in total. The van der Waals surface area contributed by atoms with Gasteiger partial charge in [-0.1, -0.05) is 0 Å². The van der Waals surface area contributed by atoms with Gasteiger partial charge in [0.05, 0.1) is 13.0 Å². The standard InChI is InChI=1S/C15H12F2N2O/c16-11-1-3-13(17)10(5-11)8-19-14-4-2-12(18)6-9(14)7-15(19)20/h1-6H,7-8,18H2. The molecular formula is C15H12F2N2O. The fraction of sp³-hybridized carbons (Fsp3) is 0.133. The molecule has 1 aliphatic heterocycles. The fourth-order valence-electron chi connectivity index (χ4n) is 2.41. The molecule has 5 heteroatoms. The summed E-state index contributed by atoms with van der Waals surface area (Å²) in [4.78, 5) is 13.5. The van der Waals surface area contributed by atoms with Crippen LogP contribution in [-0.2, 0) is 17.8 Å². The Morgan fingerprint density at radius 2 is 1.95 bits per heavy atom. The maximum Gasteiger partial charge on any atom is 0.231 e. The second kappa shape index (κ2) is 4.59. The van der Waals surface area contributed by atoms with Crippen LogP contribution in [0.1, 0.15) is 11.1 Å². The summed E-state index contributed by atoms with van der Waals surface area (Å²) < 4.78 is 26.8. The highest BCUT2D eigenvalue weighted by molar-refractivity contribution is 6.01. The van der Waals surface area contributed by atoms with Crippen molar-refractivity contribution in [2.75, 3.05) is 10.6 Å². The van der Waals surface area contributed by atoms with E-state index in [1.807, 2.05) is 0 Å². The first kappa shape index (κ1) is 12.6. The van der Waals surface area contributed by atoms with Gasteiger partial charge < -0.3 is 10.6 Å². The summed E-state index contributed by atoms with van der Waals surface area (Å²) in [5.41, 5.74) is 7.93. The zero-order valence-corrected chi connectivity index (χ0v) is 10.6. The first-order valence-corrected chi connectivity index (χ1v) is 6.17. The smallest absolute Gasteiger partial charge is 0.231 e. The monoisotopic (exact) mass is 274 g/mol. The average molecular weight is 274 g/mol. The summed E-state index contributed by atoms with van der Waals surface area (Å²) >= 11 is 0. The lowest BCUT2D eigenvalue weighted by molar-refractivity contribution is -0.117. The third-order valence-corrected chi connectivity index (χ3v) is 3.37. The molecule has 0 atom stereocenters. The molecular weight excluding hydrogens is 262 g/mol. The Balaban J connectivity index is 1.96. The number of anilines is 2. The molecule has 1 amide bonds. The SMILES string of the molecule is Nc1ccc2c(c1)CC(=O)N2Cc1cc(F)ccc1F. The predicted octanol–water partition coefficient (Wildman–Crippen LogP) is 2.64. The Morgan fingerprint density at radius 3 is 2.75 bits per heavy atom. The Hall–Kier alpha value is -2.43. The highest BCUT2D eigenvalue weighted by atomic mass is 19.1. The van der Waals surface area contributed by atoms with Crippen LogP contribution in [0.2, 0.25) is 0 Å². The number of nitrogens with zero attached hydrogens (tertiary/aromatic N) is 1. The molecule has 0 saturated heterocycles. The van der Waals surface area contributed by atoms with E-state index in [-0.39, 0.29) is 24.4 Å². The van der Waals surface area contributed by atoms with Crippen LogP contribution in [0.25, 0.3) is 0 Å². The lowest BCUT2D eigenvalue weighted by Crippen LogP contribution is -2.26. The summed E-state index contributed by atoms with van der Waals surface area (Å²) in [6, 6.07) is 8.38. The van der Waals surface area contributed by atoms with E-state index in [0.29, 0.717) is 11.4 Å². The number of hydrogen-bond acceptors (Lipinski definition) is 2. The summed E-state index contributed by atoms with van der Waals surface area (Å²) in [5, 5.41) is 0. The number of halogens is 2. The van der Waals surface area contributed by atoms with Gasteiger partial charge in [0.25, 0.3) is 0 Å². The number of fused-ring (bicyclic) bond motifs is 1. The first-order chi connectivity index (χ1) is 9.54. The van der Waals surface area contributed by atoms with Crippen LogP contribution >= 0.6 is 0 Å². The van der Waals surface area contributed by atoms with E-state index in [4.69, 9.17) is 5.73 Å². The summed E-state index contributed by atoms with van der Waals surface area (Å²) in [6.45, 7) is 0.0132. The molecule has 0 fully saturated rings. The minimum absolute atomic E-state index is 0.0132. The quantitative estimate of drug-likeness (QED) is 0.856. The molecule has 0 aromatic heterocycles. The first-order valence-electron chi connectivity index (χ1n) is 6.17. The van der Waals surface area contributed by atoms with Crippen LogP contribution in [0.5, 0.6) is 0 Å². The van der Waals surface area contributed by atoms with Crippen molar-refractivity contribution in [2.24, 2.45) is 0 Å². The number of benzene rings is 2. The summed E-state index contributed by atoms with van der Waals surface area (Å²) in [6.07, 6.45) is 0.233. The van der Waals surface area contributed by atoms with Crippen molar-refractivity contribution in [3.8, 4) is 0 Å². The Labute approximate surface area is 114 Å². The summed E-state index contributed by atoms with van der Waals surface area (Å²) in [5.74, 6) is -1.19. The van der Waals surface area contributed by atoms with E-state index in [1.54, 1.807) is 18.2 Å². The number of hydrogen-bond donors (Lipinski definition) is 1. The van der Waals surface area contributed by atoms with E-state index in [1.165, 1.54) is 4.90 Å².